The van der Waals surface area contributed by atoms with Gasteiger partial charge < -0.3 is 10.0 Å². The third-order valence-corrected chi connectivity index (χ3v) is 4.03. The van der Waals surface area contributed by atoms with E-state index in [1.807, 2.05) is 24.3 Å². The van der Waals surface area contributed by atoms with Gasteiger partial charge in [0.15, 0.2) is 0 Å². The zero-order valence-corrected chi connectivity index (χ0v) is 13.2. The van der Waals surface area contributed by atoms with E-state index in [0.717, 1.165) is 37.7 Å². The van der Waals surface area contributed by atoms with Crippen molar-refractivity contribution in [3.8, 4) is 0 Å². The lowest BCUT2D eigenvalue weighted by Crippen LogP contribution is -2.48. The van der Waals surface area contributed by atoms with Gasteiger partial charge in [-0.15, -0.1) is 0 Å². The Hall–Kier alpha value is -0.610. The van der Waals surface area contributed by atoms with Crippen LogP contribution in [0.25, 0.3) is 0 Å². The average molecular weight is 297 g/mol. The monoisotopic (exact) mass is 296 g/mol. The molecule has 112 valence electrons. The fraction of sp³-hybridized carbons (Fsp3) is 0.625. The molecule has 1 fully saturated rings. The Morgan fingerprint density at radius 1 is 1.00 bits per heavy atom. The Balaban J connectivity index is 1.79. The Morgan fingerprint density at radius 2 is 1.50 bits per heavy atom. The van der Waals surface area contributed by atoms with Crippen LogP contribution >= 0.6 is 11.6 Å². The Bertz CT molecular complexity index is 399. The summed E-state index contributed by atoms with van der Waals surface area (Å²) >= 11 is 5.87. The third kappa shape index (κ3) is 4.74. The molecular weight excluding hydrogens is 272 g/mol. The molecule has 0 radical (unpaired) electrons. The summed E-state index contributed by atoms with van der Waals surface area (Å²) in [6.07, 6.45) is -0.427. The van der Waals surface area contributed by atoms with E-state index in [1.54, 1.807) is 0 Å². The van der Waals surface area contributed by atoms with Crippen molar-refractivity contribution in [3.63, 3.8) is 0 Å². The molecule has 1 heterocycles. The standard InChI is InChI=1S/C16H25ClN2O/c1-13(2)11-18-7-9-19(10-8-18)12-16(20)14-3-5-15(17)6-4-14/h3-6,13,16,20H,7-12H2,1-2H3/t16-/m1/s1. The van der Waals surface area contributed by atoms with Crippen LogP contribution in [0.5, 0.6) is 0 Å². The predicted octanol–water partition coefficient (Wildman–Crippen LogP) is 2.65. The van der Waals surface area contributed by atoms with Gasteiger partial charge in [-0.1, -0.05) is 37.6 Å². The maximum atomic E-state index is 10.3. The van der Waals surface area contributed by atoms with Crippen molar-refractivity contribution in [1.82, 2.24) is 9.80 Å². The lowest BCUT2D eigenvalue weighted by molar-refractivity contribution is 0.0687. The molecule has 1 aromatic rings. The number of aliphatic hydroxyl groups is 1. The number of β-amino-alcohol motifs (C(OH)–C–C–N with tert-alkyl or cyclic N) is 1. The van der Waals surface area contributed by atoms with E-state index in [-0.39, 0.29) is 0 Å². The highest BCUT2D eigenvalue weighted by atomic mass is 35.5. The molecule has 1 atom stereocenters. The maximum absolute atomic E-state index is 10.3. The number of aliphatic hydroxyl groups excluding tert-OH is 1. The molecule has 1 aromatic carbocycles. The van der Waals surface area contributed by atoms with Crippen molar-refractivity contribution < 1.29 is 5.11 Å². The molecule has 20 heavy (non-hydrogen) atoms. The van der Waals surface area contributed by atoms with Crippen LogP contribution in [0.3, 0.4) is 0 Å². The summed E-state index contributed by atoms with van der Waals surface area (Å²) in [6, 6.07) is 7.48. The minimum absolute atomic E-state index is 0.427. The van der Waals surface area contributed by atoms with Crippen molar-refractivity contribution in [2.24, 2.45) is 5.92 Å². The second-order valence-electron chi connectivity index (χ2n) is 6.06. The van der Waals surface area contributed by atoms with E-state index in [2.05, 4.69) is 23.6 Å². The molecule has 0 unspecified atom stereocenters. The molecule has 4 heteroatoms. The van der Waals surface area contributed by atoms with Crippen molar-refractivity contribution in [3.05, 3.63) is 34.9 Å². The van der Waals surface area contributed by atoms with Crippen LogP contribution in [0.2, 0.25) is 5.02 Å². The van der Waals surface area contributed by atoms with E-state index in [4.69, 9.17) is 11.6 Å². The van der Waals surface area contributed by atoms with Gasteiger partial charge in [0, 0.05) is 44.3 Å². The SMILES string of the molecule is CC(C)CN1CCN(C[C@@H](O)c2ccc(Cl)cc2)CC1. The highest BCUT2D eigenvalue weighted by molar-refractivity contribution is 6.30. The average Bonchev–Trinajstić information content (AvgIpc) is 2.41. The summed E-state index contributed by atoms with van der Waals surface area (Å²) in [5.74, 6) is 0.723. The molecule has 0 aliphatic carbocycles. The molecular formula is C16H25ClN2O. The van der Waals surface area contributed by atoms with Gasteiger partial charge in [0.05, 0.1) is 6.10 Å². The van der Waals surface area contributed by atoms with Crippen LogP contribution < -0.4 is 0 Å². The minimum atomic E-state index is -0.427. The summed E-state index contributed by atoms with van der Waals surface area (Å²) in [6.45, 7) is 10.7. The third-order valence-electron chi connectivity index (χ3n) is 3.77. The number of hydrogen-bond acceptors (Lipinski definition) is 3. The van der Waals surface area contributed by atoms with Crippen LogP contribution in [0.4, 0.5) is 0 Å². The molecule has 3 nitrogen and oxygen atoms in total. The lowest BCUT2D eigenvalue weighted by atomic mass is 10.1. The first-order valence-electron chi connectivity index (χ1n) is 7.43. The smallest absolute Gasteiger partial charge is 0.0916 e. The number of rotatable bonds is 5. The summed E-state index contributed by atoms with van der Waals surface area (Å²) in [4.78, 5) is 4.85. The van der Waals surface area contributed by atoms with Crippen molar-refractivity contribution >= 4 is 11.6 Å². The summed E-state index contributed by atoms with van der Waals surface area (Å²) in [5, 5.41) is 11.0. The zero-order valence-electron chi connectivity index (χ0n) is 12.4. The van der Waals surface area contributed by atoms with Gasteiger partial charge in [-0.3, -0.25) is 4.90 Å². The summed E-state index contributed by atoms with van der Waals surface area (Å²) < 4.78 is 0. The van der Waals surface area contributed by atoms with Gasteiger partial charge in [0.25, 0.3) is 0 Å². The number of nitrogens with zero attached hydrogens (tertiary/aromatic N) is 2. The number of hydrogen-bond donors (Lipinski definition) is 1. The molecule has 1 aliphatic rings. The largest absolute Gasteiger partial charge is 0.387 e. The van der Waals surface area contributed by atoms with Crippen LogP contribution in [-0.4, -0.2) is 54.2 Å². The minimum Gasteiger partial charge on any atom is -0.387 e. The molecule has 1 saturated heterocycles. The number of benzene rings is 1. The second kappa shape index (κ2) is 7.41. The molecule has 2 rings (SSSR count). The fourth-order valence-electron chi connectivity index (χ4n) is 2.71. The second-order valence-corrected chi connectivity index (χ2v) is 6.50. The van der Waals surface area contributed by atoms with Gasteiger partial charge in [-0.05, 0) is 23.6 Å². The fourth-order valence-corrected chi connectivity index (χ4v) is 2.83. The van der Waals surface area contributed by atoms with Crippen molar-refractivity contribution in [1.29, 1.82) is 0 Å². The molecule has 1 aliphatic heterocycles. The van der Waals surface area contributed by atoms with Crippen molar-refractivity contribution in [2.75, 3.05) is 39.3 Å². The highest BCUT2D eigenvalue weighted by Crippen LogP contribution is 2.18. The molecule has 0 spiro atoms. The van der Waals surface area contributed by atoms with Crippen LogP contribution in [0.15, 0.2) is 24.3 Å². The first kappa shape index (κ1) is 15.8. The Kier molecular flexibility index (Phi) is 5.85. The van der Waals surface area contributed by atoms with Gasteiger partial charge in [-0.25, -0.2) is 0 Å². The van der Waals surface area contributed by atoms with Crippen molar-refractivity contribution in [2.45, 2.75) is 20.0 Å². The highest BCUT2D eigenvalue weighted by Gasteiger charge is 2.20. The number of piperazine rings is 1. The molecule has 0 aromatic heterocycles. The molecule has 0 bridgehead atoms. The van der Waals surface area contributed by atoms with E-state index in [9.17, 15) is 5.11 Å². The van der Waals surface area contributed by atoms with E-state index >= 15 is 0 Å². The predicted molar refractivity (Wildman–Crippen MR) is 84.1 cm³/mol. The normalized spacial score (nSPS) is 19.4. The van der Waals surface area contributed by atoms with Gasteiger partial charge in [0.1, 0.15) is 0 Å². The zero-order chi connectivity index (χ0) is 14.5. The lowest BCUT2D eigenvalue weighted by Gasteiger charge is -2.36. The Morgan fingerprint density at radius 3 is 2.00 bits per heavy atom. The van der Waals surface area contributed by atoms with E-state index in [1.165, 1.54) is 6.54 Å². The topological polar surface area (TPSA) is 26.7 Å². The first-order valence-corrected chi connectivity index (χ1v) is 7.80. The maximum Gasteiger partial charge on any atom is 0.0916 e. The van der Waals surface area contributed by atoms with Gasteiger partial charge in [-0.2, -0.15) is 0 Å². The van der Waals surface area contributed by atoms with E-state index in [0.29, 0.717) is 11.6 Å². The molecule has 1 N–H and O–H groups in total. The van der Waals surface area contributed by atoms with E-state index < -0.39 is 6.10 Å². The molecule has 0 saturated carbocycles. The van der Waals surface area contributed by atoms with Gasteiger partial charge in [0.2, 0.25) is 0 Å². The van der Waals surface area contributed by atoms with Crippen LogP contribution in [0.1, 0.15) is 25.5 Å². The first-order chi connectivity index (χ1) is 9.54. The Labute approximate surface area is 127 Å². The number of halogens is 1. The van der Waals surface area contributed by atoms with Crippen LogP contribution in [-0.2, 0) is 0 Å². The summed E-state index contributed by atoms with van der Waals surface area (Å²) in [7, 11) is 0. The van der Waals surface area contributed by atoms with Gasteiger partial charge >= 0.3 is 0 Å². The molecule has 0 amide bonds. The summed E-state index contributed by atoms with van der Waals surface area (Å²) in [5.41, 5.74) is 0.944. The van der Waals surface area contributed by atoms with Crippen LogP contribution in [0, 0.1) is 5.92 Å². The quantitative estimate of drug-likeness (QED) is 0.905.